The summed E-state index contributed by atoms with van der Waals surface area (Å²) in [5.41, 5.74) is 6.88. The molecule has 242 valence electrons. The van der Waals surface area contributed by atoms with Crippen LogP contribution in [0, 0.1) is 0 Å². The number of methoxy groups -OCH3 is 2. The molecule has 9 heteroatoms. The van der Waals surface area contributed by atoms with E-state index in [1.165, 1.54) is 0 Å². The van der Waals surface area contributed by atoms with E-state index >= 15 is 0 Å². The van der Waals surface area contributed by atoms with Gasteiger partial charge in [-0.25, -0.2) is 29.9 Å². The molecule has 0 unspecified atom stereocenters. The van der Waals surface area contributed by atoms with Gasteiger partial charge in [-0.3, -0.25) is 0 Å². The van der Waals surface area contributed by atoms with Gasteiger partial charge in [0, 0.05) is 39.9 Å². The van der Waals surface area contributed by atoms with E-state index in [4.69, 9.17) is 34.1 Å². The maximum absolute atomic E-state index is 6.51. The van der Waals surface area contributed by atoms with Gasteiger partial charge in [0.1, 0.15) is 46.6 Å². The van der Waals surface area contributed by atoms with Gasteiger partial charge in [0.2, 0.25) is 0 Å². The zero-order valence-electron chi connectivity index (χ0n) is 27.3. The number of para-hydroxylation sites is 2. The molecule has 0 fully saturated rings. The van der Waals surface area contributed by atoms with Crippen LogP contribution in [0.2, 0.25) is 0 Å². The van der Waals surface area contributed by atoms with Crippen LogP contribution in [0.15, 0.2) is 134 Å². The van der Waals surface area contributed by atoms with E-state index < -0.39 is 0 Å². The molecule has 0 aliphatic heterocycles. The molecule has 0 atom stereocenters. The van der Waals surface area contributed by atoms with Crippen LogP contribution < -0.4 is 14.2 Å². The maximum atomic E-state index is 6.51. The fourth-order valence-corrected chi connectivity index (χ4v) is 5.82. The Morgan fingerprint density at radius 1 is 0.480 bits per heavy atom. The molecule has 0 radical (unpaired) electrons. The molecule has 0 aliphatic rings. The molecule has 9 nitrogen and oxygen atoms in total. The van der Waals surface area contributed by atoms with Gasteiger partial charge < -0.3 is 14.2 Å². The molecular formula is C41H30N6O3. The molecule has 0 saturated heterocycles. The number of fused-ring (bicyclic) bond motifs is 2. The molecule has 0 spiro atoms. The first kappa shape index (κ1) is 30.6. The minimum absolute atomic E-state index is 0.208. The summed E-state index contributed by atoms with van der Waals surface area (Å²) in [5.74, 6) is 2.98. The molecule has 50 heavy (non-hydrogen) atoms. The Bertz CT molecular complexity index is 2490. The first-order chi connectivity index (χ1) is 24.7. The standard InChI is InChI=1S/C41H30N6O3/c1-48-35-19-16-27(39-36(49-2)20-17-33(45-39)40-42-23-28-12-6-8-14-31(28)46-40)22-30(35)25-50-37-21-18-34(44-38(37)26-10-4-3-5-11-26)41-43-24-29-13-7-9-15-32(29)47-41/h3-24H,25H2,1-2H3. The van der Waals surface area contributed by atoms with Crippen molar-refractivity contribution in [1.29, 1.82) is 0 Å². The van der Waals surface area contributed by atoms with Crippen LogP contribution in [0.3, 0.4) is 0 Å². The second-order valence-corrected chi connectivity index (χ2v) is 11.5. The molecule has 0 N–H and O–H groups in total. The second kappa shape index (κ2) is 13.4. The minimum atomic E-state index is 0.208. The predicted octanol–water partition coefficient (Wildman–Crippen LogP) is 8.63. The highest BCUT2D eigenvalue weighted by atomic mass is 16.5. The minimum Gasteiger partial charge on any atom is -0.496 e. The first-order valence-corrected chi connectivity index (χ1v) is 16.0. The van der Waals surface area contributed by atoms with Gasteiger partial charge >= 0.3 is 0 Å². The number of pyridine rings is 2. The largest absolute Gasteiger partial charge is 0.496 e. The molecule has 4 aromatic heterocycles. The van der Waals surface area contributed by atoms with Crippen molar-refractivity contribution in [2.24, 2.45) is 0 Å². The lowest BCUT2D eigenvalue weighted by Gasteiger charge is -2.16. The number of ether oxygens (including phenoxy) is 3. The smallest absolute Gasteiger partial charge is 0.178 e. The van der Waals surface area contributed by atoms with Crippen molar-refractivity contribution in [1.82, 2.24) is 29.9 Å². The third kappa shape index (κ3) is 6.04. The van der Waals surface area contributed by atoms with E-state index in [1.807, 2.05) is 134 Å². The molecule has 4 heterocycles. The van der Waals surface area contributed by atoms with Crippen molar-refractivity contribution in [2.45, 2.75) is 6.61 Å². The summed E-state index contributed by atoms with van der Waals surface area (Å²) in [6, 6.07) is 39.1. The lowest BCUT2D eigenvalue weighted by Crippen LogP contribution is -2.03. The molecule has 0 bridgehead atoms. The van der Waals surface area contributed by atoms with E-state index in [0.29, 0.717) is 51.7 Å². The van der Waals surface area contributed by atoms with Gasteiger partial charge in [-0.2, -0.15) is 0 Å². The van der Waals surface area contributed by atoms with Crippen molar-refractivity contribution in [2.75, 3.05) is 14.2 Å². The van der Waals surface area contributed by atoms with Crippen LogP contribution >= 0.6 is 0 Å². The summed E-state index contributed by atoms with van der Waals surface area (Å²) in [7, 11) is 3.27. The number of aromatic nitrogens is 6. The van der Waals surface area contributed by atoms with Crippen molar-refractivity contribution >= 4 is 21.8 Å². The Kier molecular flexibility index (Phi) is 8.20. The summed E-state index contributed by atoms with van der Waals surface area (Å²) in [6.45, 7) is 0.208. The zero-order chi connectivity index (χ0) is 33.9. The van der Waals surface area contributed by atoms with Crippen LogP contribution in [0.4, 0.5) is 0 Å². The highest BCUT2D eigenvalue weighted by Gasteiger charge is 2.17. The van der Waals surface area contributed by atoms with Gasteiger partial charge in [0.25, 0.3) is 0 Å². The van der Waals surface area contributed by atoms with E-state index in [0.717, 1.165) is 38.5 Å². The van der Waals surface area contributed by atoms with Crippen LogP contribution in [-0.2, 0) is 6.61 Å². The molecule has 0 amide bonds. The average Bonchev–Trinajstić information content (AvgIpc) is 3.19. The summed E-state index contributed by atoms with van der Waals surface area (Å²) < 4.78 is 18.0. The van der Waals surface area contributed by atoms with Crippen LogP contribution in [0.25, 0.3) is 67.4 Å². The number of rotatable bonds is 9. The Morgan fingerprint density at radius 3 is 1.64 bits per heavy atom. The van der Waals surface area contributed by atoms with Crippen LogP contribution in [-0.4, -0.2) is 44.1 Å². The lowest BCUT2D eigenvalue weighted by atomic mass is 10.1. The summed E-state index contributed by atoms with van der Waals surface area (Å²) in [4.78, 5) is 28.6. The SMILES string of the molecule is COc1ccc(-c2nc(-c3ncc4ccccc4n3)ccc2OC)cc1COc1ccc(-c2ncc3ccccc3n2)nc1-c1ccccc1. The molecular weight excluding hydrogens is 624 g/mol. The number of benzene rings is 4. The number of hydrogen-bond acceptors (Lipinski definition) is 9. The topological polar surface area (TPSA) is 105 Å². The van der Waals surface area contributed by atoms with Crippen LogP contribution in [0.5, 0.6) is 17.2 Å². The van der Waals surface area contributed by atoms with E-state index in [-0.39, 0.29) is 6.61 Å². The molecule has 4 aromatic carbocycles. The van der Waals surface area contributed by atoms with Crippen molar-refractivity contribution < 1.29 is 14.2 Å². The van der Waals surface area contributed by atoms with Gasteiger partial charge in [-0.15, -0.1) is 0 Å². The van der Waals surface area contributed by atoms with Crippen molar-refractivity contribution in [3.63, 3.8) is 0 Å². The highest BCUT2D eigenvalue weighted by Crippen LogP contribution is 2.36. The molecule has 0 saturated carbocycles. The third-order valence-corrected chi connectivity index (χ3v) is 8.36. The molecule has 0 aliphatic carbocycles. The fourth-order valence-electron chi connectivity index (χ4n) is 5.82. The van der Waals surface area contributed by atoms with Gasteiger partial charge in [0.05, 0.1) is 25.3 Å². The Labute approximate surface area is 288 Å². The highest BCUT2D eigenvalue weighted by molar-refractivity contribution is 5.81. The molecule has 8 rings (SSSR count). The van der Waals surface area contributed by atoms with Gasteiger partial charge in [-0.05, 0) is 54.6 Å². The number of nitrogens with zero attached hydrogens (tertiary/aromatic N) is 6. The maximum Gasteiger partial charge on any atom is 0.178 e. The van der Waals surface area contributed by atoms with E-state index in [1.54, 1.807) is 14.2 Å². The summed E-state index contributed by atoms with van der Waals surface area (Å²) in [6.07, 6.45) is 3.63. The second-order valence-electron chi connectivity index (χ2n) is 11.5. The average molecular weight is 655 g/mol. The quantitative estimate of drug-likeness (QED) is 0.151. The molecule has 8 aromatic rings. The Balaban J connectivity index is 1.13. The van der Waals surface area contributed by atoms with Crippen molar-refractivity contribution in [3.05, 3.63) is 139 Å². The first-order valence-electron chi connectivity index (χ1n) is 16.0. The van der Waals surface area contributed by atoms with Crippen LogP contribution in [0.1, 0.15) is 5.56 Å². The lowest BCUT2D eigenvalue weighted by molar-refractivity contribution is 0.297. The third-order valence-electron chi connectivity index (χ3n) is 8.36. The van der Waals surface area contributed by atoms with Crippen molar-refractivity contribution in [3.8, 4) is 62.8 Å². The normalized spacial score (nSPS) is 11.1. The van der Waals surface area contributed by atoms with E-state index in [2.05, 4.69) is 9.97 Å². The summed E-state index contributed by atoms with van der Waals surface area (Å²) in [5, 5.41) is 1.93. The fraction of sp³-hybridized carbons (Fsp3) is 0.0732. The predicted molar refractivity (Wildman–Crippen MR) is 194 cm³/mol. The Hall–Kier alpha value is -6.74. The zero-order valence-corrected chi connectivity index (χ0v) is 27.3. The Morgan fingerprint density at radius 2 is 1.02 bits per heavy atom. The number of hydrogen-bond donors (Lipinski definition) is 0. The van der Waals surface area contributed by atoms with Gasteiger partial charge in [-0.1, -0.05) is 66.7 Å². The van der Waals surface area contributed by atoms with Gasteiger partial charge in [0.15, 0.2) is 11.6 Å². The monoisotopic (exact) mass is 654 g/mol. The summed E-state index contributed by atoms with van der Waals surface area (Å²) >= 11 is 0. The van der Waals surface area contributed by atoms with E-state index in [9.17, 15) is 0 Å².